The minimum absolute atomic E-state index is 0.133. The zero-order valence-corrected chi connectivity index (χ0v) is 11.6. The smallest absolute Gasteiger partial charge is 0.130 e. The van der Waals surface area contributed by atoms with Crippen molar-refractivity contribution in [2.45, 2.75) is 52.6 Å². The van der Waals surface area contributed by atoms with E-state index >= 15 is 0 Å². The van der Waals surface area contributed by atoms with Crippen LogP contribution in [-0.4, -0.2) is 6.04 Å². The fraction of sp³-hybridized carbons (Fsp3) is 0.600. The van der Waals surface area contributed by atoms with Gasteiger partial charge in [0.15, 0.2) is 0 Å². The first-order valence-corrected chi connectivity index (χ1v) is 6.65. The number of benzene rings is 1. The maximum atomic E-state index is 13.6. The summed E-state index contributed by atoms with van der Waals surface area (Å²) in [5.41, 5.74) is 0.133. The first-order chi connectivity index (χ1) is 8.45. The maximum absolute atomic E-state index is 13.6. The fourth-order valence-corrected chi connectivity index (χ4v) is 2.27. The van der Waals surface area contributed by atoms with Crippen LogP contribution in [0.1, 0.15) is 52.1 Å². The average Bonchev–Trinajstić information content (AvgIpc) is 2.28. The molecule has 3 atom stereocenters. The van der Waals surface area contributed by atoms with Crippen LogP contribution >= 0.6 is 0 Å². The van der Waals surface area contributed by atoms with Gasteiger partial charge in [-0.1, -0.05) is 26.3 Å². The summed E-state index contributed by atoms with van der Waals surface area (Å²) in [7, 11) is 0. The molecular weight excluding hydrogens is 232 g/mol. The predicted octanol–water partition coefficient (Wildman–Crippen LogP) is 4.44. The van der Waals surface area contributed by atoms with Crippen molar-refractivity contribution in [2.24, 2.45) is 5.92 Å². The van der Waals surface area contributed by atoms with Gasteiger partial charge in [0.1, 0.15) is 11.6 Å². The molecule has 1 rings (SSSR count). The summed E-state index contributed by atoms with van der Waals surface area (Å²) >= 11 is 0. The SMILES string of the molecule is CCC(C)CC(C)NC(C)c1c(F)cccc1F. The van der Waals surface area contributed by atoms with Crippen LogP contribution in [0.4, 0.5) is 8.78 Å². The molecule has 1 N–H and O–H groups in total. The van der Waals surface area contributed by atoms with Crippen molar-refractivity contribution in [3.05, 3.63) is 35.4 Å². The zero-order chi connectivity index (χ0) is 13.7. The zero-order valence-electron chi connectivity index (χ0n) is 11.6. The molecule has 102 valence electrons. The van der Waals surface area contributed by atoms with Crippen LogP contribution in [0.2, 0.25) is 0 Å². The summed E-state index contributed by atoms with van der Waals surface area (Å²) in [6.07, 6.45) is 2.13. The first kappa shape index (κ1) is 15.1. The molecule has 0 aliphatic carbocycles. The fourth-order valence-electron chi connectivity index (χ4n) is 2.27. The van der Waals surface area contributed by atoms with Crippen LogP contribution < -0.4 is 5.32 Å². The third-order valence-corrected chi connectivity index (χ3v) is 3.42. The van der Waals surface area contributed by atoms with Crippen molar-refractivity contribution in [1.82, 2.24) is 5.32 Å². The molecule has 0 aliphatic heterocycles. The lowest BCUT2D eigenvalue weighted by atomic mass is 9.98. The van der Waals surface area contributed by atoms with Crippen LogP contribution in [0.5, 0.6) is 0 Å². The summed E-state index contributed by atoms with van der Waals surface area (Å²) in [5, 5.41) is 3.26. The molecule has 0 fully saturated rings. The van der Waals surface area contributed by atoms with E-state index in [9.17, 15) is 8.78 Å². The van der Waals surface area contributed by atoms with Crippen LogP contribution in [0.25, 0.3) is 0 Å². The maximum Gasteiger partial charge on any atom is 0.130 e. The molecule has 3 unspecified atom stereocenters. The van der Waals surface area contributed by atoms with Crippen molar-refractivity contribution < 1.29 is 8.78 Å². The third-order valence-electron chi connectivity index (χ3n) is 3.42. The van der Waals surface area contributed by atoms with E-state index in [4.69, 9.17) is 0 Å². The molecule has 1 aromatic rings. The summed E-state index contributed by atoms with van der Waals surface area (Å²) in [6.45, 7) is 8.19. The summed E-state index contributed by atoms with van der Waals surface area (Å²) < 4.78 is 27.2. The quantitative estimate of drug-likeness (QED) is 0.792. The van der Waals surface area contributed by atoms with Gasteiger partial charge in [-0.15, -0.1) is 0 Å². The summed E-state index contributed by atoms with van der Waals surface area (Å²) in [4.78, 5) is 0. The topological polar surface area (TPSA) is 12.0 Å². The lowest BCUT2D eigenvalue weighted by Crippen LogP contribution is -2.31. The Morgan fingerprint density at radius 2 is 1.67 bits per heavy atom. The second-order valence-electron chi connectivity index (χ2n) is 5.17. The average molecular weight is 255 g/mol. The van der Waals surface area contributed by atoms with Gasteiger partial charge >= 0.3 is 0 Å². The Balaban J connectivity index is 2.67. The second kappa shape index (κ2) is 6.83. The Morgan fingerprint density at radius 3 is 2.17 bits per heavy atom. The molecule has 0 aromatic heterocycles. The Kier molecular flexibility index (Phi) is 5.73. The molecule has 0 saturated heterocycles. The normalized spacial score (nSPS) is 16.3. The van der Waals surface area contributed by atoms with Crippen molar-refractivity contribution >= 4 is 0 Å². The Labute approximate surface area is 109 Å². The molecule has 0 amide bonds. The minimum atomic E-state index is -0.481. The van der Waals surface area contributed by atoms with Gasteiger partial charge in [0, 0.05) is 17.6 Å². The highest BCUT2D eigenvalue weighted by molar-refractivity contribution is 5.22. The van der Waals surface area contributed by atoms with Crippen LogP contribution in [0.3, 0.4) is 0 Å². The second-order valence-corrected chi connectivity index (χ2v) is 5.17. The predicted molar refractivity (Wildman–Crippen MR) is 71.4 cm³/mol. The van der Waals surface area contributed by atoms with Crippen LogP contribution in [-0.2, 0) is 0 Å². The third kappa shape index (κ3) is 4.05. The highest BCUT2D eigenvalue weighted by Gasteiger charge is 2.18. The van der Waals surface area contributed by atoms with E-state index in [0.717, 1.165) is 12.8 Å². The largest absolute Gasteiger partial charge is 0.307 e. The summed E-state index contributed by atoms with van der Waals surface area (Å²) in [6, 6.07) is 3.93. The number of rotatable bonds is 6. The van der Waals surface area contributed by atoms with E-state index in [1.807, 2.05) is 0 Å². The van der Waals surface area contributed by atoms with Gasteiger partial charge < -0.3 is 5.32 Å². The monoisotopic (exact) mass is 255 g/mol. The van der Waals surface area contributed by atoms with Crippen molar-refractivity contribution in [1.29, 1.82) is 0 Å². The lowest BCUT2D eigenvalue weighted by molar-refractivity contribution is 0.374. The molecule has 0 saturated carbocycles. The minimum Gasteiger partial charge on any atom is -0.307 e. The highest BCUT2D eigenvalue weighted by atomic mass is 19.1. The molecule has 0 heterocycles. The van der Waals surface area contributed by atoms with Gasteiger partial charge in [-0.05, 0) is 38.3 Å². The van der Waals surface area contributed by atoms with Gasteiger partial charge in [-0.2, -0.15) is 0 Å². The van der Waals surface area contributed by atoms with Crippen LogP contribution in [0, 0.1) is 17.6 Å². The first-order valence-electron chi connectivity index (χ1n) is 6.65. The number of hydrogen-bond acceptors (Lipinski definition) is 1. The number of hydrogen-bond donors (Lipinski definition) is 1. The van der Waals surface area contributed by atoms with E-state index < -0.39 is 11.6 Å². The van der Waals surface area contributed by atoms with Gasteiger partial charge in [0.05, 0.1) is 0 Å². The number of halogens is 2. The Morgan fingerprint density at radius 1 is 1.11 bits per heavy atom. The molecule has 0 radical (unpaired) electrons. The molecule has 1 nitrogen and oxygen atoms in total. The van der Waals surface area contributed by atoms with Crippen molar-refractivity contribution in [3.8, 4) is 0 Å². The molecule has 3 heteroatoms. The van der Waals surface area contributed by atoms with Gasteiger partial charge in [-0.25, -0.2) is 8.78 Å². The molecule has 18 heavy (non-hydrogen) atoms. The molecular formula is C15H23F2N. The van der Waals surface area contributed by atoms with E-state index in [-0.39, 0.29) is 17.6 Å². The summed E-state index contributed by atoms with van der Waals surface area (Å²) in [5.74, 6) is -0.346. The molecule has 0 aliphatic rings. The molecule has 0 spiro atoms. The standard InChI is InChI=1S/C15H23F2N/c1-5-10(2)9-11(3)18-12(4)15-13(16)7-6-8-14(15)17/h6-8,10-12,18H,5,9H2,1-4H3. The van der Waals surface area contributed by atoms with E-state index in [1.54, 1.807) is 6.92 Å². The Hall–Kier alpha value is -0.960. The van der Waals surface area contributed by atoms with E-state index in [0.29, 0.717) is 5.92 Å². The highest BCUT2D eigenvalue weighted by Crippen LogP contribution is 2.21. The van der Waals surface area contributed by atoms with Crippen molar-refractivity contribution in [2.75, 3.05) is 0 Å². The molecule has 0 bridgehead atoms. The Bertz CT molecular complexity index is 359. The van der Waals surface area contributed by atoms with Gasteiger partial charge in [0.25, 0.3) is 0 Å². The van der Waals surface area contributed by atoms with Gasteiger partial charge in [0.2, 0.25) is 0 Å². The van der Waals surface area contributed by atoms with Gasteiger partial charge in [-0.3, -0.25) is 0 Å². The van der Waals surface area contributed by atoms with E-state index in [2.05, 4.69) is 26.1 Å². The van der Waals surface area contributed by atoms with E-state index in [1.165, 1.54) is 18.2 Å². The van der Waals surface area contributed by atoms with Crippen LogP contribution in [0.15, 0.2) is 18.2 Å². The number of nitrogens with one attached hydrogen (secondary N) is 1. The van der Waals surface area contributed by atoms with Crippen molar-refractivity contribution in [3.63, 3.8) is 0 Å². The molecule has 1 aromatic carbocycles. The lowest BCUT2D eigenvalue weighted by Gasteiger charge is -2.23.